The van der Waals surface area contributed by atoms with Crippen molar-refractivity contribution in [3.63, 3.8) is 0 Å². The van der Waals surface area contributed by atoms with Crippen molar-refractivity contribution < 1.29 is 23.9 Å². The summed E-state index contributed by atoms with van der Waals surface area (Å²) < 4.78 is 10.2. The summed E-state index contributed by atoms with van der Waals surface area (Å²) in [4.78, 5) is 37.6. The van der Waals surface area contributed by atoms with Crippen LogP contribution in [0.1, 0.15) is 40.5 Å². The highest BCUT2D eigenvalue weighted by atomic mass is 16.6. The molecular formula is C20H27N3O5. The van der Waals surface area contributed by atoms with Gasteiger partial charge in [-0.05, 0) is 39.8 Å². The van der Waals surface area contributed by atoms with Crippen molar-refractivity contribution in [3.05, 3.63) is 30.3 Å². The maximum absolute atomic E-state index is 12.7. The number of hydrogen-bond acceptors (Lipinski definition) is 6. The number of para-hydroxylation sites is 1. The van der Waals surface area contributed by atoms with Gasteiger partial charge in [0.25, 0.3) is 5.91 Å². The van der Waals surface area contributed by atoms with E-state index in [1.54, 1.807) is 45.0 Å². The Morgan fingerprint density at radius 2 is 1.86 bits per heavy atom. The van der Waals surface area contributed by atoms with Crippen LogP contribution in [0.5, 0.6) is 0 Å². The van der Waals surface area contributed by atoms with Crippen molar-refractivity contribution in [3.8, 4) is 6.07 Å². The fraction of sp³-hybridized carbons (Fsp3) is 0.500. The zero-order chi connectivity index (χ0) is 21.2. The van der Waals surface area contributed by atoms with Gasteiger partial charge in [0.2, 0.25) is 0 Å². The van der Waals surface area contributed by atoms with Crippen molar-refractivity contribution in [1.29, 1.82) is 5.26 Å². The van der Waals surface area contributed by atoms with E-state index in [-0.39, 0.29) is 25.9 Å². The predicted molar refractivity (Wildman–Crippen MR) is 103 cm³/mol. The van der Waals surface area contributed by atoms with Crippen LogP contribution in [-0.4, -0.2) is 42.8 Å². The molecule has 0 aliphatic heterocycles. The summed E-state index contributed by atoms with van der Waals surface area (Å²) in [5.74, 6) is -1.04. The van der Waals surface area contributed by atoms with Crippen molar-refractivity contribution in [2.75, 3.05) is 18.0 Å². The fourth-order valence-corrected chi connectivity index (χ4v) is 2.24. The maximum atomic E-state index is 12.7. The Kier molecular flexibility index (Phi) is 8.96. The first-order valence-corrected chi connectivity index (χ1v) is 9.03. The van der Waals surface area contributed by atoms with Crippen LogP contribution in [0, 0.1) is 11.3 Å². The number of amides is 2. The molecule has 1 aromatic carbocycles. The van der Waals surface area contributed by atoms with Gasteiger partial charge in [-0.15, -0.1) is 0 Å². The predicted octanol–water partition coefficient (Wildman–Crippen LogP) is 2.78. The Morgan fingerprint density at radius 3 is 2.43 bits per heavy atom. The molecular weight excluding hydrogens is 362 g/mol. The lowest BCUT2D eigenvalue weighted by molar-refractivity contribution is -0.153. The molecule has 1 aromatic rings. The number of anilines is 1. The van der Waals surface area contributed by atoms with Crippen molar-refractivity contribution >= 4 is 23.7 Å². The second-order valence-corrected chi connectivity index (χ2v) is 7.04. The van der Waals surface area contributed by atoms with Gasteiger partial charge >= 0.3 is 12.1 Å². The molecule has 1 rings (SSSR count). The maximum Gasteiger partial charge on any atom is 0.407 e. The zero-order valence-electron chi connectivity index (χ0n) is 16.7. The Hall–Kier alpha value is -3.08. The van der Waals surface area contributed by atoms with Gasteiger partial charge in [0.1, 0.15) is 5.60 Å². The third kappa shape index (κ3) is 8.54. The van der Waals surface area contributed by atoms with Crippen LogP contribution in [0.4, 0.5) is 10.5 Å². The molecule has 0 saturated heterocycles. The van der Waals surface area contributed by atoms with Crippen LogP contribution in [0.3, 0.4) is 0 Å². The van der Waals surface area contributed by atoms with E-state index in [9.17, 15) is 14.4 Å². The lowest BCUT2D eigenvalue weighted by atomic mass is 10.2. The molecule has 0 aliphatic carbocycles. The molecule has 0 fully saturated rings. The average molecular weight is 389 g/mol. The van der Waals surface area contributed by atoms with E-state index in [4.69, 9.17) is 14.7 Å². The van der Waals surface area contributed by atoms with Gasteiger partial charge in [-0.2, -0.15) is 5.26 Å². The molecule has 0 saturated carbocycles. The summed E-state index contributed by atoms with van der Waals surface area (Å²) in [5, 5.41) is 11.3. The second kappa shape index (κ2) is 10.9. The number of esters is 1. The lowest BCUT2D eigenvalue weighted by Crippen LogP contribution is -2.41. The highest BCUT2D eigenvalue weighted by Crippen LogP contribution is 2.16. The highest BCUT2D eigenvalue weighted by Gasteiger charge is 2.25. The molecule has 0 bridgehead atoms. The molecule has 0 heterocycles. The Balaban J connectivity index is 2.55. The largest absolute Gasteiger partial charge is 0.452 e. The van der Waals surface area contributed by atoms with Crippen LogP contribution >= 0.6 is 0 Å². The standard InChI is InChI=1S/C20H27N3O5/c1-15(27-17(24)11-13-22-19(26)28-20(2,3)4)18(25)23(14-8-12-21)16-9-6-5-7-10-16/h5-7,9-10,15H,8,11,13-14H2,1-4H3,(H,22,26). The van der Waals surface area contributed by atoms with Crippen molar-refractivity contribution in [2.45, 2.75) is 52.2 Å². The number of nitrogens with zero attached hydrogens (tertiary/aromatic N) is 2. The number of nitriles is 1. The highest BCUT2D eigenvalue weighted by molar-refractivity contribution is 5.97. The van der Waals surface area contributed by atoms with Gasteiger partial charge in [0.05, 0.1) is 18.9 Å². The molecule has 0 aliphatic rings. The van der Waals surface area contributed by atoms with Crippen molar-refractivity contribution in [1.82, 2.24) is 5.32 Å². The molecule has 0 aromatic heterocycles. The zero-order valence-corrected chi connectivity index (χ0v) is 16.7. The fourth-order valence-electron chi connectivity index (χ4n) is 2.24. The van der Waals surface area contributed by atoms with E-state index >= 15 is 0 Å². The SMILES string of the molecule is CC(OC(=O)CCNC(=O)OC(C)(C)C)C(=O)N(CCC#N)c1ccccc1. The van der Waals surface area contributed by atoms with E-state index in [0.717, 1.165) is 0 Å². The number of nitrogens with one attached hydrogen (secondary N) is 1. The minimum Gasteiger partial charge on any atom is -0.452 e. The number of alkyl carbamates (subject to hydrolysis) is 1. The van der Waals surface area contributed by atoms with Gasteiger partial charge in [0.15, 0.2) is 6.10 Å². The number of hydrogen-bond donors (Lipinski definition) is 1. The van der Waals surface area contributed by atoms with E-state index in [1.807, 2.05) is 12.1 Å². The van der Waals surface area contributed by atoms with Crippen LogP contribution in [-0.2, 0) is 19.1 Å². The minimum absolute atomic E-state index is 0.0332. The van der Waals surface area contributed by atoms with Gasteiger partial charge in [-0.3, -0.25) is 9.59 Å². The molecule has 1 atom stereocenters. The Morgan fingerprint density at radius 1 is 1.21 bits per heavy atom. The molecule has 2 amide bonds. The molecule has 8 heteroatoms. The summed E-state index contributed by atoms with van der Waals surface area (Å²) in [6, 6.07) is 10.9. The van der Waals surface area contributed by atoms with E-state index in [2.05, 4.69) is 5.32 Å². The van der Waals surface area contributed by atoms with Crippen LogP contribution < -0.4 is 10.2 Å². The second-order valence-electron chi connectivity index (χ2n) is 7.04. The quantitative estimate of drug-likeness (QED) is 0.685. The summed E-state index contributed by atoms with van der Waals surface area (Å²) in [6.07, 6.45) is -1.59. The molecule has 1 N–H and O–H groups in total. The topological polar surface area (TPSA) is 109 Å². The first-order valence-electron chi connectivity index (χ1n) is 9.03. The first-order chi connectivity index (χ1) is 13.1. The number of carbonyl (C=O) groups is 3. The molecule has 0 radical (unpaired) electrons. The van der Waals surface area contributed by atoms with Crippen molar-refractivity contribution in [2.24, 2.45) is 0 Å². The van der Waals surface area contributed by atoms with Crippen LogP contribution in [0.25, 0.3) is 0 Å². The summed E-state index contributed by atoms with van der Waals surface area (Å²) in [5.41, 5.74) is -0.00667. The van der Waals surface area contributed by atoms with Gasteiger partial charge in [-0.25, -0.2) is 4.79 Å². The van der Waals surface area contributed by atoms with Crippen LogP contribution in [0.2, 0.25) is 0 Å². The Labute approximate surface area is 165 Å². The molecule has 0 spiro atoms. The molecule has 1 unspecified atom stereocenters. The Bertz CT molecular complexity index is 707. The van der Waals surface area contributed by atoms with Gasteiger partial charge in [-0.1, -0.05) is 18.2 Å². The lowest BCUT2D eigenvalue weighted by Gasteiger charge is -2.25. The van der Waals surface area contributed by atoms with Gasteiger partial charge in [0, 0.05) is 18.8 Å². The van der Waals surface area contributed by atoms with Crippen LogP contribution in [0.15, 0.2) is 30.3 Å². The number of rotatable bonds is 8. The summed E-state index contributed by atoms with van der Waals surface area (Å²) in [6.45, 7) is 6.91. The first kappa shape index (κ1) is 23.0. The third-order valence-electron chi connectivity index (χ3n) is 3.43. The molecule has 28 heavy (non-hydrogen) atoms. The number of ether oxygens (including phenoxy) is 2. The smallest absolute Gasteiger partial charge is 0.407 e. The van der Waals surface area contributed by atoms with E-state index < -0.39 is 29.7 Å². The summed E-state index contributed by atoms with van der Waals surface area (Å²) in [7, 11) is 0. The van der Waals surface area contributed by atoms with E-state index in [0.29, 0.717) is 5.69 Å². The molecule has 8 nitrogen and oxygen atoms in total. The number of benzene rings is 1. The molecule has 152 valence electrons. The average Bonchev–Trinajstić information content (AvgIpc) is 2.61. The normalized spacial score (nSPS) is 11.7. The monoisotopic (exact) mass is 389 g/mol. The summed E-state index contributed by atoms with van der Waals surface area (Å²) >= 11 is 0. The third-order valence-corrected chi connectivity index (χ3v) is 3.43. The van der Waals surface area contributed by atoms with E-state index in [1.165, 1.54) is 11.8 Å². The number of carbonyl (C=O) groups excluding carboxylic acids is 3. The minimum atomic E-state index is -1.02. The van der Waals surface area contributed by atoms with Gasteiger partial charge < -0.3 is 19.7 Å².